The zero-order valence-electron chi connectivity index (χ0n) is 12.0. The maximum absolute atomic E-state index is 5.87. The molecule has 0 fully saturated rings. The van der Waals surface area contributed by atoms with Crippen molar-refractivity contribution in [1.29, 1.82) is 0 Å². The molecule has 0 aliphatic carbocycles. The van der Waals surface area contributed by atoms with Gasteiger partial charge in [-0.2, -0.15) is 0 Å². The lowest BCUT2D eigenvalue weighted by molar-refractivity contribution is 1.11. The number of halogens is 1. The molecule has 0 aliphatic rings. The highest BCUT2D eigenvalue weighted by Crippen LogP contribution is 2.19. The van der Waals surface area contributed by atoms with E-state index in [2.05, 4.69) is 39.6 Å². The van der Waals surface area contributed by atoms with Gasteiger partial charge in [0.15, 0.2) is 0 Å². The van der Waals surface area contributed by atoms with Crippen molar-refractivity contribution in [2.24, 2.45) is 0 Å². The van der Waals surface area contributed by atoms with Crippen LogP contribution in [0.25, 0.3) is 10.9 Å². The minimum Gasteiger partial charge on any atom is -0.380 e. The maximum atomic E-state index is 5.87. The first kappa shape index (κ1) is 13.8. The summed E-state index contributed by atoms with van der Waals surface area (Å²) in [6.45, 7) is 4.69. The highest BCUT2D eigenvalue weighted by molar-refractivity contribution is 6.29. The second-order valence-electron chi connectivity index (χ2n) is 5.10. The first-order valence-electron chi connectivity index (χ1n) is 6.85. The molecule has 4 heteroatoms. The lowest BCUT2D eigenvalue weighted by atomic mass is 10.1. The fourth-order valence-corrected chi connectivity index (χ4v) is 2.49. The number of hydrogen-bond acceptors (Lipinski definition) is 3. The Morgan fingerprint density at radius 3 is 2.67 bits per heavy atom. The summed E-state index contributed by atoms with van der Waals surface area (Å²) in [5.74, 6) is 0. The number of aryl methyl sites for hydroxylation is 2. The molecule has 3 rings (SSSR count). The molecule has 0 unspecified atom stereocenters. The number of aromatic nitrogens is 2. The van der Waals surface area contributed by atoms with E-state index in [1.165, 1.54) is 5.56 Å². The number of hydrogen-bond donors (Lipinski definition) is 1. The monoisotopic (exact) mass is 297 g/mol. The second kappa shape index (κ2) is 5.70. The van der Waals surface area contributed by atoms with Crippen molar-refractivity contribution < 1.29 is 0 Å². The normalized spacial score (nSPS) is 10.8. The van der Waals surface area contributed by atoms with Gasteiger partial charge in [-0.05, 0) is 49.7 Å². The highest BCUT2D eigenvalue weighted by atomic mass is 35.5. The molecule has 0 spiro atoms. The lowest BCUT2D eigenvalue weighted by Gasteiger charge is -2.10. The van der Waals surface area contributed by atoms with Crippen molar-refractivity contribution >= 4 is 28.2 Å². The number of nitrogens with zero attached hydrogens (tertiary/aromatic N) is 2. The molecule has 0 bridgehead atoms. The Morgan fingerprint density at radius 2 is 1.86 bits per heavy atom. The van der Waals surface area contributed by atoms with Gasteiger partial charge in [0, 0.05) is 17.6 Å². The largest absolute Gasteiger partial charge is 0.380 e. The third-order valence-corrected chi connectivity index (χ3v) is 3.64. The number of nitrogens with one attached hydrogen (secondary N) is 1. The Kier molecular flexibility index (Phi) is 3.76. The quantitative estimate of drug-likeness (QED) is 0.723. The minimum atomic E-state index is 0.519. The van der Waals surface area contributed by atoms with E-state index in [1.54, 1.807) is 6.07 Å². The van der Waals surface area contributed by atoms with Gasteiger partial charge in [-0.1, -0.05) is 23.7 Å². The summed E-state index contributed by atoms with van der Waals surface area (Å²) in [5, 5.41) is 5.07. The highest BCUT2D eigenvalue weighted by Gasteiger charge is 2.02. The standard InChI is InChI=1S/C17H16ClN3/c1-11-3-5-14-9-13(4-6-16(14)20-11)10-19-15-7-8-17(18)21-12(15)2/h3-9,19H,10H2,1-2H3. The molecule has 0 saturated heterocycles. The third kappa shape index (κ3) is 3.14. The first-order valence-corrected chi connectivity index (χ1v) is 7.23. The van der Waals surface area contributed by atoms with E-state index in [-0.39, 0.29) is 0 Å². The number of anilines is 1. The Balaban J connectivity index is 1.80. The molecular weight excluding hydrogens is 282 g/mol. The molecule has 2 aromatic heterocycles. The SMILES string of the molecule is Cc1ccc2cc(CNc3ccc(Cl)nc3C)ccc2n1. The Morgan fingerprint density at radius 1 is 1.00 bits per heavy atom. The summed E-state index contributed by atoms with van der Waals surface area (Å²) in [4.78, 5) is 8.75. The van der Waals surface area contributed by atoms with Gasteiger partial charge in [0.05, 0.1) is 16.9 Å². The zero-order valence-corrected chi connectivity index (χ0v) is 12.8. The van der Waals surface area contributed by atoms with Crippen LogP contribution in [-0.2, 0) is 6.54 Å². The van der Waals surface area contributed by atoms with Crippen LogP contribution in [0.2, 0.25) is 5.15 Å². The molecule has 1 N–H and O–H groups in total. The average molecular weight is 298 g/mol. The number of pyridine rings is 2. The summed E-state index contributed by atoms with van der Waals surface area (Å²) >= 11 is 5.87. The van der Waals surface area contributed by atoms with E-state index in [1.807, 2.05) is 26.0 Å². The maximum Gasteiger partial charge on any atom is 0.129 e. The molecule has 21 heavy (non-hydrogen) atoms. The van der Waals surface area contributed by atoms with E-state index in [0.29, 0.717) is 5.15 Å². The van der Waals surface area contributed by atoms with Gasteiger partial charge < -0.3 is 5.32 Å². The van der Waals surface area contributed by atoms with E-state index < -0.39 is 0 Å². The topological polar surface area (TPSA) is 37.8 Å². The molecule has 106 valence electrons. The van der Waals surface area contributed by atoms with Gasteiger partial charge in [0.25, 0.3) is 0 Å². The van der Waals surface area contributed by atoms with Crippen LogP contribution in [-0.4, -0.2) is 9.97 Å². The molecule has 3 aromatic rings. The fraction of sp³-hybridized carbons (Fsp3) is 0.176. The molecule has 0 amide bonds. The average Bonchev–Trinajstić information content (AvgIpc) is 2.46. The van der Waals surface area contributed by atoms with Crippen molar-refractivity contribution in [3.05, 3.63) is 64.6 Å². The summed E-state index contributed by atoms with van der Waals surface area (Å²) < 4.78 is 0. The van der Waals surface area contributed by atoms with Crippen LogP contribution < -0.4 is 5.32 Å². The van der Waals surface area contributed by atoms with Crippen LogP contribution in [0, 0.1) is 13.8 Å². The first-order chi connectivity index (χ1) is 10.1. The number of rotatable bonds is 3. The van der Waals surface area contributed by atoms with E-state index in [0.717, 1.165) is 34.5 Å². The predicted octanol–water partition coefficient (Wildman–Crippen LogP) is 4.51. The van der Waals surface area contributed by atoms with E-state index >= 15 is 0 Å². The van der Waals surface area contributed by atoms with E-state index in [4.69, 9.17) is 11.6 Å². The van der Waals surface area contributed by atoms with Gasteiger partial charge in [0.2, 0.25) is 0 Å². The number of fused-ring (bicyclic) bond motifs is 1. The van der Waals surface area contributed by atoms with E-state index in [9.17, 15) is 0 Å². The summed E-state index contributed by atoms with van der Waals surface area (Å²) in [6.07, 6.45) is 0. The molecule has 3 nitrogen and oxygen atoms in total. The molecule has 0 aliphatic heterocycles. The second-order valence-corrected chi connectivity index (χ2v) is 5.49. The van der Waals surface area contributed by atoms with Crippen molar-refractivity contribution in [2.45, 2.75) is 20.4 Å². The van der Waals surface area contributed by atoms with Crippen molar-refractivity contribution in [1.82, 2.24) is 9.97 Å². The third-order valence-electron chi connectivity index (χ3n) is 3.43. The van der Waals surface area contributed by atoms with Crippen LogP contribution in [0.15, 0.2) is 42.5 Å². The van der Waals surface area contributed by atoms with Crippen LogP contribution in [0.3, 0.4) is 0 Å². The van der Waals surface area contributed by atoms with Crippen molar-refractivity contribution in [2.75, 3.05) is 5.32 Å². The van der Waals surface area contributed by atoms with Gasteiger partial charge in [-0.3, -0.25) is 4.98 Å². The van der Waals surface area contributed by atoms with Crippen LogP contribution >= 0.6 is 11.6 Å². The van der Waals surface area contributed by atoms with Crippen LogP contribution in [0.5, 0.6) is 0 Å². The Hall–Kier alpha value is -2.13. The van der Waals surface area contributed by atoms with Gasteiger partial charge in [0.1, 0.15) is 5.15 Å². The zero-order chi connectivity index (χ0) is 14.8. The Bertz CT molecular complexity index is 799. The summed E-state index contributed by atoms with van der Waals surface area (Å²) in [5.41, 5.74) is 5.18. The Labute approximate surface area is 129 Å². The predicted molar refractivity (Wildman–Crippen MR) is 87.8 cm³/mol. The minimum absolute atomic E-state index is 0.519. The molecule has 0 radical (unpaired) electrons. The van der Waals surface area contributed by atoms with Crippen molar-refractivity contribution in [3.8, 4) is 0 Å². The van der Waals surface area contributed by atoms with Gasteiger partial charge in [-0.15, -0.1) is 0 Å². The van der Waals surface area contributed by atoms with Gasteiger partial charge >= 0.3 is 0 Å². The molecule has 0 saturated carbocycles. The smallest absolute Gasteiger partial charge is 0.129 e. The van der Waals surface area contributed by atoms with Gasteiger partial charge in [-0.25, -0.2) is 4.98 Å². The van der Waals surface area contributed by atoms with Crippen molar-refractivity contribution in [3.63, 3.8) is 0 Å². The van der Waals surface area contributed by atoms with Crippen LogP contribution in [0.4, 0.5) is 5.69 Å². The molecular formula is C17H16ClN3. The lowest BCUT2D eigenvalue weighted by Crippen LogP contribution is -2.02. The molecule has 2 heterocycles. The summed E-state index contributed by atoms with van der Waals surface area (Å²) in [6, 6.07) is 14.2. The summed E-state index contributed by atoms with van der Waals surface area (Å²) in [7, 11) is 0. The molecule has 1 aromatic carbocycles. The molecule has 0 atom stereocenters. The fourth-order valence-electron chi connectivity index (χ4n) is 2.30. The number of benzene rings is 1. The van der Waals surface area contributed by atoms with Crippen LogP contribution in [0.1, 0.15) is 17.0 Å².